The fourth-order valence-electron chi connectivity index (χ4n) is 3.70. The first-order valence-corrected chi connectivity index (χ1v) is 12.0. The minimum Gasteiger partial charge on any atom is -0.493 e. The van der Waals surface area contributed by atoms with E-state index in [-0.39, 0.29) is 0 Å². The van der Waals surface area contributed by atoms with Gasteiger partial charge in [-0.25, -0.2) is 9.78 Å². The number of benzene rings is 3. The van der Waals surface area contributed by atoms with Crippen molar-refractivity contribution in [3.63, 3.8) is 0 Å². The largest absolute Gasteiger partial charge is 0.493 e. The Kier molecular flexibility index (Phi) is 6.61. The van der Waals surface area contributed by atoms with Gasteiger partial charge >= 0.3 is 5.63 Å². The number of methoxy groups -OCH3 is 1. The van der Waals surface area contributed by atoms with Crippen LogP contribution in [0.5, 0.6) is 11.5 Å². The van der Waals surface area contributed by atoms with Crippen LogP contribution in [0.25, 0.3) is 33.9 Å². The van der Waals surface area contributed by atoms with Gasteiger partial charge in [-0.2, -0.15) is 5.26 Å². The number of allylic oxidation sites excluding steroid dienone is 1. The lowest BCUT2D eigenvalue weighted by molar-refractivity contribution is 0.284. The third-order valence-electron chi connectivity index (χ3n) is 5.51. The summed E-state index contributed by atoms with van der Waals surface area (Å²) in [5.74, 6) is 1.17. The summed E-state index contributed by atoms with van der Waals surface area (Å²) < 4.78 is 16.9. The summed E-state index contributed by atoms with van der Waals surface area (Å²) in [6.45, 7) is 0.417. The van der Waals surface area contributed by atoms with Gasteiger partial charge in [0.2, 0.25) is 0 Å². The Labute approximate surface area is 211 Å². The zero-order valence-corrected chi connectivity index (χ0v) is 20.1. The number of hydrogen-bond acceptors (Lipinski definition) is 7. The molecular weight excluding hydrogens is 472 g/mol. The van der Waals surface area contributed by atoms with Crippen LogP contribution in [0, 0.1) is 11.3 Å². The fourth-order valence-corrected chi connectivity index (χ4v) is 4.48. The molecule has 0 bridgehead atoms. The SMILES string of the molecule is COc1cc(C=C(C#N)c2nc(-c3cc4ccccc4oc3=O)cs2)ccc1OCc1ccccc1. The number of para-hydroxylation sites is 1. The first kappa shape index (κ1) is 23.1. The average molecular weight is 493 g/mol. The van der Waals surface area contributed by atoms with Crippen molar-refractivity contribution in [1.82, 2.24) is 4.98 Å². The zero-order valence-electron chi connectivity index (χ0n) is 19.3. The summed E-state index contributed by atoms with van der Waals surface area (Å²) >= 11 is 1.29. The molecule has 2 heterocycles. The summed E-state index contributed by atoms with van der Waals surface area (Å²) in [6.07, 6.45) is 1.73. The van der Waals surface area contributed by atoms with E-state index in [2.05, 4.69) is 11.1 Å². The van der Waals surface area contributed by atoms with Gasteiger partial charge in [0.15, 0.2) is 11.5 Å². The van der Waals surface area contributed by atoms with Gasteiger partial charge in [-0.15, -0.1) is 11.3 Å². The van der Waals surface area contributed by atoms with E-state index in [1.807, 2.05) is 66.7 Å². The first-order valence-electron chi connectivity index (χ1n) is 11.1. The number of rotatable bonds is 7. The van der Waals surface area contributed by atoms with Gasteiger partial charge in [0.25, 0.3) is 0 Å². The second-order valence-corrected chi connectivity index (χ2v) is 8.74. The number of nitrogens with zero attached hydrogens (tertiary/aromatic N) is 2. The van der Waals surface area contributed by atoms with Crippen molar-refractivity contribution in [2.45, 2.75) is 6.61 Å². The van der Waals surface area contributed by atoms with Crippen LogP contribution >= 0.6 is 11.3 Å². The lowest BCUT2D eigenvalue weighted by Gasteiger charge is -2.11. The van der Waals surface area contributed by atoms with Crippen LogP contribution in [0.4, 0.5) is 0 Å². The van der Waals surface area contributed by atoms with Gasteiger partial charge in [0.05, 0.1) is 23.9 Å². The number of thiazole rings is 1. The highest BCUT2D eigenvalue weighted by Crippen LogP contribution is 2.32. The number of fused-ring (bicyclic) bond motifs is 1. The Hall–Kier alpha value is -4.67. The van der Waals surface area contributed by atoms with Crippen molar-refractivity contribution in [1.29, 1.82) is 5.26 Å². The molecular formula is C29H20N2O4S. The number of ether oxygens (including phenoxy) is 2. The molecule has 6 nitrogen and oxygen atoms in total. The van der Waals surface area contributed by atoms with Crippen LogP contribution in [0.2, 0.25) is 0 Å². The normalized spacial score (nSPS) is 11.3. The van der Waals surface area contributed by atoms with Crippen molar-refractivity contribution < 1.29 is 13.9 Å². The van der Waals surface area contributed by atoms with Crippen molar-refractivity contribution in [2.24, 2.45) is 0 Å². The lowest BCUT2D eigenvalue weighted by atomic mass is 10.1. The Balaban J connectivity index is 1.41. The monoisotopic (exact) mass is 492 g/mol. The highest BCUT2D eigenvalue weighted by Gasteiger charge is 2.14. The molecule has 0 atom stereocenters. The van der Waals surface area contributed by atoms with Gasteiger partial charge in [-0.3, -0.25) is 0 Å². The Morgan fingerprint density at radius 2 is 1.86 bits per heavy atom. The average Bonchev–Trinajstić information content (AvgIpc) is 3.40. The summed E-state index contributed by atoms with van der Waals surface area (Å²) in [7, 11) is 1.58. The molecule has 0 spiro atoms. The molecule has 0 aliphatic rings. The molecule has 0 N–H and O–H groups in total. The van der Waals surface area contributed by atoms with E-state index in [0.29, 0.717) is 45.5 Å². The molecule has 3 aromatic carbocycles. The molecule has 0 amide bonds. The molecule has 7 heteroatoms. The van der Waals surface area contributed by atoms with Crippen LogP contribution < -0.4 is 15.1 Å². The van der Waals surface area contributed by atoms with E-state index in [1.54, 1.807) is 30.7 Å². The molecule has 5 aromatic rings. The van der Waals surface area contributed by atoms with Crippen molar-refractivity contribution >= 4 is 34.0 Å². The first-order chi connectivity index (χ1) is 17.6. The van der Waals surface area contributed by atoms with Crippen LogP contribution in [0.1, 0.15) is 16.1 Å². The standard InChI is InChI=1S/C29H20N2O4S/c1-33-27-14-20(11-12-26(27)34-17-19-7-3-2-4-8-19)13-22(16-30)28-31-24(18-36-28)23-15-21-9-5-6-10-25(21)35-29(23)32/h2-15,18H,17H2,1H3. The Bertz CT molecular complexity index is 1660. The fraction of sp³-hybridized carbons (Fsp3) is 0.0690. The molecule has 0 saturated carbocycles. The van der Waals surface area contributed by atoms with E-state index >= 15 is 0 Å². The Morgan fingerprint density at radius 1 is 1.06 bits per heavy atom. The molecule has 0 radical (unpaired) electrons. The maximum atomic E-state index is 12.5. The molecule has 0 fully saturated rings. The van der Waals surface area contributed by atoms with Crippen molar-refractivity contribution in [3.05, 3.63) is 111 Å². The second-order valence-electron chi connectivity index (χ2n) is 7.88. The maximum absolute atomic E-state index is 12.5. The van der Waals surface area contributed by atoms with Crippen molar-refractivity contribution in [3.8, 4) is 28.8 Å². The summed E-state index contributed by atoms with van der Waals surface area (Å²) in [5, 5.41) is 12.9. The zero-order chi connectivity index (χ0) is 24.9. The molecule has 0 saturated heterocycles. The van der Waals surface area contributed by atoms with Gasteiger partial charge in [0.1, 0.15) is 23.3 Å². The Morgan fingerprint density at radius 3 is 2.67 bits per heavy atom. The van der Waals surface area contributed by atoms with Gasteiger partial charge in [-0.05, 0) is 41.5 Å². The van der Waals surface area contributed by atoms with Gasteiger partial charge in [0, 0.05) is 10.8 Å². The molecule has 0 unspecified atom stereocenters. The topological polar surface area (TPSA) is 85.4 Å². The minimum atomic E-state index is -0.469. The quantitative estimate of drug-likeness (QED) is 0.189. The molecule has 36 heavy (non-hydrogen) atoms. The third-order valence-corrected chi connectivity index (χ3v) is 6.38. The molecule has 2 aromatic heterocycles. The smallest absolute Gasteiger partial charge is 0.345 e. The number of nitriles is 1. The molecule has 0 aliphatic heterocycles. The molecule has 176 valence electrons. The minimum absolute atomic E-state index is 0.357. The maximum Gasteiger partial charge on any atom is 0.345 e. The van der Waals surface area contributed by atoms with Crippen LogP contribution in [-0.4, -0.2) is 12.1 Å². The molecule has 5 rings (SSSR count). The predicted octanol–water partition coefficient (Wildman–Crippen LogP) is 6.57. The molecule has 0 aliphatic carbocycles. The lowest BCUT2D eigenvalue weighted by Crippen LogP contribution is -2.02. The highest BCUT2D eigenvalue weighted by atomic mass is 32.1. The summed E-state index contributed by atoms with van der Waals surface area (Å²) in [4.78, 5) is 17.1. The van der Waals surface area contributed by atoms with E-state index in [4.69, 9.17) is 13.9 Å². The third kappa shape index (κ3) is 4.90. The highest BCUT2D eigenvalue weighted by molar-refractivity contribution is 7.11. The van der Waals surface area contributed by atoms with E-state index < -0.39 is 5.63 Å². The van der Waals surface area contributed by atoms with Crippen molar-refractivity contribution in [2.75, 3.05) is 7.11 Å². The van der Waals surface area contributed by atoms with Crippen LogP contribution in [0.3, 0.4) is 0 Å². The van der Waals surface area contributed by atoms with Gasteiger partial charge in [-0.1, -0.05) is 54.6 Å². The van der Waals surface area contributed by atoms with E-state index in [0.717, 1.165) is 16.5 Å². The summed E-state index contributed by atoms with van der Waals surface area (Å²) in [5.41, 5.74) is 3.06. The van der Waals surface area contributed by atoms with E-state index in [1.165, 1.54) is 11.3 Å². The number of hydrogen-bond donors (Lipinski definition) is 0. The summed E-state index contributed by atoms with van der Waals surface area (Å²) in [6, 6.07) is 26.6. The van der Waals surface area contributed by atoms with Gasteiger partial charge < -0.3 is 13.9 Å². The predicted molar refractivity (Wildman–Crippen MR) is 141 cm³/mol. The second kappa shape index (κ2) is 10.3. The van der Waals surface area contributed by atoms with Crippen LogP contribution in [0.15, 0.2) is 93.5 Å². The van der Waals surface area contributed by atoms with Crippen LogP contribution in [-0.2, 0) is 6.61 Å². The van der Waals surface area contributed by atoms with E-state index in [9.17, 15) is 10.1 Å². The number of aromatic nitrogens is 1.